The first kappa shape index (κ1) is 33.0. The molecule has 4 unspecified atom stereocenters. The Morgan fingerprint density at radius 1 is 0.667 bits per heavy atom. The lowest BCUT2D eigenvalue weighted by Gasteiger charge is -2.25. The van der Waals surface area contributed by atoms with Crippen molar-refractivity contribution in [1.82, 2.24) is 16.0 Å². The smallest absolute Gasteiger partial charge is 0.326 e. The van der Waals surface area contributed by atoms with Gasteiger partial charge in [-0.25, -0.2) is 4.79 Å². The van der Waals surface area contributed by atoms with E-state index < -0.39 is 66.2 Å². The van der Waals surface area contributed by atoms with Crippen LogP contribution in [0.2, 0.25) is 0 Å². The van der Waals surface area contributed by atoms with E-state index in [1.165, 1.54) is 48.5 Å². The second-order valence-corrected chi connectivity index (χ2v) is 9.47. The molecule has 0 spiro atoms. The number of carboxylic acids is 2. The van der Waals surface area contributed by atoms with Crippen molar-refractivity contribution in [2.75, 3.05) is 0 Å². The molecule has 15 nitrogen and oxygen atoms in total. The third-order valence-corrected chi connectivity index (χ3v) is 6.05. The molecule has 42 heavy (non-hydrogen) atoms. The van der Waals surface area contributed by atoms with Crippen LogP contribution in [0, 0.1) is 0 Å². The molecule has 2 rings (SSSR count). The van der Waals surface area contributed by atoms with E-state index in [9.17, 15) is 44.1 Å². The van der Waals surface area contributed by atoms with E-state index in [2.05, 4.69) is 16.0 Å². The monoisotopic (exact) mass is 587 g/mol. The van der Waals surface area contributed by atoms with Gasteiger partial charge in [-0.05, 0) is 41.8 Å². The number of aromatic hydroxyl groups is 2. The van der Waals surface area contributed by atoms with Gasteiger partial charge >= 0.3 is 11.9 Å². The number of rotatable bonds is 16. The zero-order chi connectivity index (χ0) is 31.4. The number of amides is 4. The second-order valence-electron chi connectivity index (χ2n) is 9.47. The van der Waals surface area contributed by atoms with E-state index >= 15 is 0 Å². The van der Waals surface area contributed by atoms with Crippen molar-refractivity contribution in [2.24, 2.45) is 11.5 Å². The van der Waals surface area contributed by atoms with Crippen LogP contribution >= 0.6 is 0 Å². The Balaban J connectivity index is 2.34. The number of nitrogens with two attached hydrogens (primary N) is 2. The molecule has 4 amide bonds. The zero-order valence-corrected chi connectivity index (χ0v) is 22.4. The van der Waals surface area contributed by atoms with E-state index in [0.717, 1.165) is 0 Å². The van der Waals surface area contributed by atoms with Crippen molar-refractivity contribution in [2.45, 2.75) is 56.3 Å². The molecule has 2 aromatic carbocycles. The molecule has 0 aromatic heterocycles. The Bertz CT molecular complexity index is 1280. The Morgan fingerprint density at radius 2 is 1.07 bits per heavy atom. The molecule has 0 radical (unpaired) electrons. The van der Waals surface area contributed by atoms with Gasteiger partial charge in [0.25, 0.3) is 0 Å². The number of aliphatic carboxylic acids is 2. The fourth-order valence-corrected chi connectivity index (χ4v) is 3.78. The Morgan fingerprint density at radius 3 is 1.45 bits per heavy atom. The summed E-state index contributed by atoms with van der Waals surface area (Å²) in [7, 11) is 0. The van der Waals surface area contributed by atoms with Crippen LogP contribution in [-0.4, -0.2) is 80.2 Å². The lowest BCUT2D eigenvalue weighted by molar-refractivity contribution is -0.147. The van der Waals surface area contributed by atoms with Gasteiger partial charge in [0, 0.05) is 19.3 Å². The number of benzene rings is 2. The largest absolute Gasteiger partial charge is 0.508 e. The van der Waals surface area contributed by atoms with E-state index in [-0.39, 0.29) is 37.2 Å². The average Bonchev–Trinajstić information content (AvgIpc) is 2.92. The number of carboxylic acid groups (broad SMARTS) is 2. The molecule has 0 aliphatic heterocycles. The minimum Gasteiger partial charge on any atom is -0.508 e. The van der Waals surface area contributed by atoms with Gasteiger partial charge in [0.2, 0.25) is 23.6 Å². The van der Waals surface area contributed by atoms with Gasteiger partial charge in [-0.15, -0.1) is 0 Å². The molecule has 0 bridgehead atoms. The Hall–Kier alpha value is -5.18. The third kappa shape index (κ3) is 11.1. The van der Waals surface area contributed by atoms with Crippen LogP contribution in [0.3, 0.4) is 0 Å². The highest BCUT2D eigenvalue weighted by atomic mass is 16.4. The quantitative estimate of drug-likeness (QED) is 0.109. The van der Waals surface area contributed by atoms with Crippen molar-refractivity contribution >= 4 is 35.6 Å². The van der Waals surface area contributed by atoms with Crippen LogP contribution in [0.25, 0.3) is 0 Å². The number of hydrogen-bond acceptors (Lipinski definition) is 9. The van der Waals surface area contributed by atoms with E-state index in [0.29, 0.717) is 11.1 Å². The highest BCUT2D eigenvalue weighted by molar-refractivity contribution is 5.95. The molecule has 4 atom stereocenters. The van der Waals surface area contributed by atoms with E-state index in [1.54, 1.807) is 0 Å². The Labute approximate surface area is 239 Å². The van der Waals surface area contributed by atoms with Crippen LogP contribution in [-0.2, 0) is 41.6 Å². The van der Waals surface area contributed by atoms with Crippen molar-refractivity contribution in [3.8, 4) is 11.5 Å². The molecular formula is C27H33N5O10. The molecule has 0 fully saturated rings. The lowest BCUT2D eigenvalue weighted by Crippen LogP contribution is -2.58. The lowest BCUT2D eigenvalue weighted by atomic mass is 10.0. The van der Waals surface area contributed by atoms with Crippen LogP contribution < -0.4 is 27.4 Å². The molecule has 0 saturated carbocycles. The first-order valence-electron chi connectivity index (χ1n) is 12.7. The minimum absolute atomic E-state index is 0.0442. The number of carbonyl (C=O) groups is 6. The number of primary amides is 1. The number of nitrogens with one attached hydrogen (secondary N) is 3. The summed E-state index contributed by atoms with van der Waals surface area (Å²) in [6, 6.07) is 5.53. The first-order chi connectivity index (χ1) is 19.7. The van der Waals surface area contributed by atoms with Gasteiger partial charge in [0.1, 0.15) is 29.6 Å². The van der Waals surface area contributed by atoms with Crippen molar-refractivity contribution in [3.63, 3.8) is 0 Å². The van der Waals surface area contributed by atoms with Crippen molar-refractivity contribution in [1.29, 1.82) is 0 Å². The van der Waals surface area contributed by atoms with Gasteiger partial charge in [-0.2, -0.15) is 0 Å². The summed E-state index contributed by atoms with van der Waals surface area (Å²) in [5.74, 6) is -6.56. The second kappa shape index (κ2) is 15.6. The van der Waals surface area contributed by atoms with Crippen LogP contribution in [0.15, 0.2) is 48.5 Å². The summed E-state index contributed by atoms with van der Waals surface area (Å²) >= 11 is 0. The Kier molecular flexibility index (Phi) is 12.2. The fourth-order valence-electron chi connectivity index (χ4n) is 3.78. The van der Waals surface area contributed by atoms with E-state index in [4.69, 9.17) is 16.6 Å². The molecular weight excluding hydrogens is 554 g/mol. The van der Waals surface area contributed by atoms with E-state index in [1.807, 2.05) is 0 Å². The van der Waals surface area contributed by atoms with Gasteiger partial charge in [0.05, 0.1) is 12.5 Å². The molecule has 0 saturated heterocycles. The molecule has 0 aliphatic rings. The predicted octanol–water partition coefficient (Wildman–Crippen LogP) is -1.51. The molecule has 0 aliphatic carbocycles. The normalized spacial score (nSPS) is 13.5. The molecule has 226 valence electrons. The minimum atomic E-state index is -1.80. The fraction of sp³-hybridized carbons (Fsp3) is 0.333. The maximum atomic E-state index is 13.5. The van der Waals surface area contributed by atoms with Crippen molar-refractivity contribution in [3.05, 3.63) is 59.7 Å². The van der Waals surface area contributed by atoms with Gasteiger partial charge in [-0.1, -0.05) is 24.3 Å². The summed E-state index contributed by atoms with van der Waals surface area (Å²) in [4.78, 5) is 73.1. The number of phenols is 2. The maximum Gasteiger partial charge on any atom is 0.326 e. The van der Waals surface area contributed by atoms with Crippen LogP contribution in [0.5, 0.6) is 11.5 Å². The summed E-state index contributed by atoms with van der Waals surface area (Å²) in [6.07, 6.45) is -1.52. The highest BCUT2D eigenvalue weighted by Crippen LogP contribution is 2.14. The topological polar surface area (TPSA) is 271 Å². The molecule has 0 heterocycles. The number of phenolic OH excluding ortho intramolecular Hbond substituents is 2. The summed E-state index contributed by atoms with van der Waals surface area (Å²) < 4.78 is 0. The van der Waals surface area contributed by atoms with Crippen LogP contribution in [0.1, 0.15) is 30.4 Å². The maximum absolute atomic E-state index is 13.5. The van der Waals surface area contributed by atoms with Gasteiger partial charge < -0.3 is 47.8 Å². The van der Waals surface area contributed by atoms with Crippen LogP contribution in [0.4, 0.5) is 0 Å². The van der Waals surface area contributed by atoms with Gasteiger partial charge in [-0.3, -0.25) is 24.0 Å². The average molecular weight is 588 g/mol. The zero-order valence-electron chi connectivity index (χ0n) is 22.4. The van der Waals surface area contributed by atoms with Gasteiger partial charge in [0.15, 0.2) is 0 Å². The predicted molar refractivity (Wildman–Crippen MR) is 146 cm³/mol. The highest BCUT2D eigenvalue weighted by Gasteiger charge is 2.31. The number of hydrogen-bond donors (Lipinski definition) is 9. The standard InChI is InChI=1S/C27H33N5O10/c28-18(9-10-22(29)35)24(38)30-19(11-14-1-5-16(33)6-2-14)25(39)31-20(12-15-3-7-17(34)8-4-15)26(40)32-21(27(41)42)13-23(36)37/h1-8,18-21,33-34H,9-13,28H2,(H2,29,35)(H,30,38)(H,31,39)(H,32,40)(H,36,37)(H,41,42). The number of carbonyl (C=O) groups excluding carboxylic acids is 4. The van der Waals surface area contributed by atoms with Crippen molar-refractivity contribution < 1.29 is 49.2 Å². The summed E-state index contributed by atoms with van der Waals surface area (Å²) in [6.45, 7) is 0. The first-order valence-corrected chi connectivity index (χ1v) is 12.7. The summed E-state index contributed by atoms with van der Waals surface area (Å²) in [5, 5.41) is 44.6. The molecule has 2 aromatic rings. The SMILES string of the molecule is NC(=O)CCC(N)C(=O)NC(Cc1ccc(O)cc1)C(=O)NC(Cc1ccc(O)cc1)C(=O)NC(CC(=O)O)C(=O)O. The molecule has 15 heteroatoms. The summed E-state index contributed by atoms with van der Waals surface area (Å²) in [5.41, 5.74) is 11.9. The third-order valence-electron chi connectivity index (χ3n) is 6.05. The molecule has 11 N–H and O–H groups in total.